The fraction of sp³-hybridized carbons (Fsp3) is 0.231. The van der Waals surface area contributed by atoms with E-state index in [9.17, 15) is 9.90 Å². The quantitative estimate of drug-likeness (QED) is 0.932. The van der Waals surface area contributed by atoms with E-state index in [1.54, 1.807) is 12.1 Å². The molecule has 0 atom stereocenters. The third-order valence-electron chi connectivity index (χ3n) is 2.79. The zero-order valence-corrected chi connectivity index (χ0v) is 11.4. The van der Waals surface area contributed by atoms with Gasteiger partial charge in [0.25, 0.3) is 0 Å². The predicted octanol–water partition coefficient (Wildman–Crippen LogP) is 2.38. The predicted molar refractivity (Wildman–Crippen MR) is 71.3 cm³/mol. The van der Waals surface area contributed by atoms with Gasteiger partial charge in [0.1, 0.15) is 9.88 Å². The van der Waals surface area contributed by atoms with Crippen molar-refractivity contribution in [2.45, 2.75) is 6.61 Å². The Labute approximate surface area is 118 Å². The second-order valence-corrected chi connectivity index (χ2v) is 5.10. The highest BCUT2D eigenvalue weighted by Crippen LogP contribution is 2.37. The number of fused-ring (bicyclic) bond motifs is 1. The Morgan fingerprint density at radius 2 is 2.25 bits per heavy atom. The Balaban J connectivity index is 2.01. The smallest absolute Gasteiger partial charge is 0.347 e. The molecule has 0 unspecified atom stereocenters. The van der Waals surface area contributed by atoms with Crippen molar-refractivity contribution in [2.75, 3.05) is 13.9 Å². The van der Waals surface area contributed by atoms with Crippen LogP contribution >= 0.6 is 11.3 Å². The summed E-state index contributed by atoms with van der Waals surface area (Å²) in [5, 5.41) is 9.80. The highest BCUT2D eigenvalue weighted by molar-refractivity contribution is 7.17. The molecule has 6 nitrogen and oxygen atoms in total. The Morgan fingerprint density at radius 3 is 3.00 bits per heavy atom. The van der Waals surface area contributed by atoms with Crippen molar-refractivity contribution >= 4 is 17.3 Å². The topological polar surface area (TPSA) is 77.9 Å². The van der Waals surface area contributed by atoms with Crippen molar-refractivity contribution in [3.8, 4) is 22.1 Å². The highest BCUT2D eigenvalue weighted by atomic mass is 32.1. The van der Waals surface area contributed by atoms with Gasteiger partial charge in [-0.3, -0.25) is 0 Å². The minimum Gasteiger partial charge on any atom is -0.477 e. The van der Waals surface area contributed by atoms with E-state index < -0.39 is 5.97 Å². The summed E-state index contributed by atoms with van der Waals surface area (Å²) < 4.78 is 15.5. The summed E-state index contributed by atoms with van der Waals surface area (Å²) in [5.74, 6) is 0.324. The van der Waals surface area contributed by atoms with Crippen LogP contribution < -0.4 is 9.47 Å². The monoisotopic (exact) mass is 293 g/mol. The molecule has 1 aromatic heterocycles. The molecule has 0 aliphatic carbocycles. The normalized spacial score (nSPS) is 12.7. The van der Waals surface area contributed by atoms with Crippen LogP contribution in [0.5, 0.6) is 11.5 Å². The Kier molecular flexibility index (Phi) is 3.29. The van der Waals surface area contributed by atoms with Gasteiger partial charge >= 0.3 is 5.97 Å². The SMILES string of the molecule is COCc1nc(-c2ccc3c(c2)OCO3)sc1C(=O)O. The Hall–Kier alpha value is -2.12. The van der Waals surface area contributed by atoms with Crippen molar-refractivity contribution in [3.05, 3.63) is 28.8 Å². The molecule has 0 amide bonds. The number of aromatic nitrogens is 1. The summed E-state index contributed by atoms with van der Waals surface area (Å²) in [7, 11) is 1.51. The lowest BCUT2D eigenvalue weighted by Gasteiger charge is -1.99. The molecule has 1 N–H and O–H groups in total. The number of rotatable bonds is 4. The molecule has 104 valence electrons. The number of carbonyl (C=O) groups is 1. The molecule has 2 heterocycles. The summed E-state index contributed by atoms with van der Waals surface area (Å²) in [4.78, 5) is 15.7. The van der Waals surface area contributed by atoms with Gasteiger partial charge < -0.3 is 19.3 Å². The van der Waals surface area contributed by atoms with Crippen molar-refractivity contribution < 1.29 is 24.1 Å². The zero-order valence-electron chi connectivity index (χ0n) is 10.6. The molecule has 1 aromatic carbocycles. The van der Waals surface area contributed by atoms with Crippen LogP contribution in [0.3, 0.4) is 0 Å². The number of thiazole rings is 1. The zero-order chi connectivity index (χ0) is 14.1. The van der Waals surface area contributed by atoms with E-state index in [2.05, 4.69) is 4.98 Å². The number of aromatic carboxylic acids is 1. The van der Waals surface area contributed by atoms with Crippen LogP contribution in [0.25, 0.3) is 10.6 Å². The van der Waals surface area contributed by atoms with E-state index in [0.29, 0.717) is 22.2 Å². The molecule has 7 heteroatoms. The fourth-order valence-electron chi connectivity index (χ4n) is 1.91. The molecule has 20 heavy (non-hydrogen) atoms. The summed E-state index contributed by atoms with van der Waals surface area (Å²) in [6.07, 6.45) is 0. The summed E-state index contributed by atoms with van der Waals surface area (Å²) in [6, 6.07) is 5.41. The van der Waals surface area contributed by atoms with Crippen molar-refractivity contribution in [1.82, 2.24) is 4.98 Å². The number of hydrogen-bond acceptors (Lipinski definition) is 6. The number of benzene rings is 1. The molecule has 0 saturated carbocycles. The van der Waals surface area contributed by atoms with E-state index in [4.69, 9.17) is 14.2 Å². The average Bonchev–Trinajstić information content (AvgIpc) is 3.04. The molecule has 1 aliphatic heterocycles. The van der Waals surface area contributed by atoms with Gasteiger partial charge in [-0.05, 0) is 18.2 Å². The largest absolute Gasteiger partial charge is 0.477 e. The second-order valence-electron chi connectivity index (χ2n) is 4.10. The summed E-state index contributed by atoms with van der Waals surface area (Å²) in [5.41, 5.74) is 1.22. The van der Waals surface area contributed by atoms with Gasteiger partial charge in [-0.15, -0.1) is 11.3 Å². The number of nitrogens with zero attached hydrogens (tertiary/aromatic N) is 1. The van der Waals surface area contributed by atoms with Crippen molar-refractivity contribution in [1.29, 1.82) is 0 Å². The highest BCUT2D eigenvalue weighted by Gasteiger charge is 2.20. The summed E-state index contributed by atoms with van der Waals surface area (Å²) >= 11 is 1.12. The lowest BCUT2D eigenvalue weighted by atomic mass is 10.2. The maximum Gasteiger partial charge on any atom is 0.347 e. The Morgan fingerprint density at radius 1 is 1.45 bits per heavy atom. The summed E-state index contributed by atoms with van der Waals surface area (Å²) in [6.45, 7) is 0.370. The minimum absolute atomic E-state index is 0.169. The molecule has 0 saturated heterocycles. The molecule has 0 fully saturated rings. The van der Waals surface area contributed by atoms with Gasteiger partial charge in [-0.25, -0.2) is 9.78 Å². The molecule has 2 aromatic rings. The van der Waals surface area contributed by atoms with Crippen LogP contribution in [0.4, 0.5) is 0 Å². The standard InChI is InChI=1S/C13H11NO5S/c1-17-5-8-11(13(15)16)20-12(14-8)7-2-3-9-10(4-7)19-6-18-9/h2-4H,5-6H2,1H3,(H,15,16). The first kappa shape index (κ1) is 12.9. The number of carboxylic acids is 1. The first-order valence-electron chi connectivity index (χ1n) is 5.81. The van der Waals surface area contributed by atoms with E-state index >= 15 is 0 Å². The first-order chi connectivity index (χ1) is 9.69. The first-order valence-corrected chi connectivity index (χ1v) is 6.62. The van der Waals surface area contributed by atoms with Gasteiger partial charge in [0.05, 0.1) is 12.3 Å². The van der Waals surface area contributed by atoms with E-state index in [1.807, 2.05) is 6.07 Å². The van der Waals surface area contributed by atoms with Crippen LogP contribution in [0.2, 0.25) is 0 Å². The van der Waals surface area contributed by atoms with Crippen LogP contribution in [0, 0.1) is 0 Å². The molecule has 3 rings (SSSR count). The molecule has 0 spiro atoms. The minimum atomic E-state index is -0.999. The Bertz CT molecular complexity index is 667. The molecular weight excluding hydrogens is 282 g/mol. The van der Waals surface area contributed by atoms with Gasteiger partial charge in [0, 0.05) is 12.7 Å². The van der Waals surface area contributed by atoms with Crippen LogP contribution in [-0.4, -0.2) is 30.0 Å². The van der Waals surface area contributed by atoms with E-state index in [1.165, 1.54) is 7.11 Å². The van der Waals surface area contributed by atoms with Crippen molar-refractivity contribution in [3.63, 3.8) is 0 Å². The number of methoxy groups -OCH3 is 1. The van der Waals surface area contributed by atoms with Crippen LogP contribution in [-0.2, 0) is 11.3 Å². The van der Waals surface area contributed by atoms with Crippen LogP contribution in [0.15, 0.2) is 18.2 Å². The van der Waals surface area contributed by atoms with Crippen molar-refractivity contribution in [2.24, 2.45) is 0 Å². The maximum absolute atomic E-state index is 11.2. The molecular formula is C13H11NO5S. The van der Waals surface area contributed by atoms with E-state index in [-0.39, 0.29) is 18.3 Å². The van der Waals surface area contributed by atoms with Crippen LogP contribution in [0.1, 0.15) is 15.4 Å². The average molecular weight is 293 g/mol. The van der Waals surface area contributed by atoms with E-state index in [0.717, 1.165) is 16.9 Å². The lowest BCUT2D eigenvalue weighted by Crippen LogP contribution is -1.99. The van der Waals surface area contributed by atoms with Gasteiger partial charge in [-0.1, -0.05) is 0 Å². The van der Waals surface area contributed by atoms with Gasteiger partial charge in [0.2, 0.25) is 6.79 Å². The third-order valence-corrected chi connectivity index (χ3v) is 3.93. The molecule has 0 bridgehead atoms. The van der Waals surface area contributed by atoms with Gasteiger partial charge in [-0.2, -0.15) is 0 Å². The maximum atomic E-state index is 11.2. The lowest BCUT2D eigenvalue weighted by molar-refractivity contribution is 0.0697. The number of hydrogen-bond donors (Lipinski definition) is 1. The third kappa shape index (κ3) is 2.21. The van der Waals surface area contributed by atoms with Gasteiger partial charge in [0.15, 0.2) is 11.5 Å². The number of carboxylic acid groups (broad SMARTS) is 1. The number of ether oxygens (including phenoxy) is 3. The molecule has 0 radical (unpaired) electrons. The molecule has 1 aliphatic rings. The fourth-order valence-corrected chi connectivity index (χ4v) is 2.81. The second kappa shape index (κ2) is 5.10.